The predicted octanol–water partition coefficient (Wildman–Crippen LogP) is 1.24. The normalized spacial score (nSPS) is 10.5. The average molecular weight is 204 g/mol. The maximum Gasteiger partial charge on any atom is 0.356 e. The molecule has 2 aromatic rings. The highest BCUT2D eigenvalue weighted by molar-refractivity contribution is 5.98. The summed E-state index contributed by atoms with van der Waals surface area (Å²) in [6.07, 6.45) is 1.62. The van der Waals surface area contributed by atoms with Gasteiger partial charge in [-0.05, 0) is 12.1 Å². The quantitative estimate of drug-likeness (QED) is 0.747. The molecule has 2 rings (SSSR count). The van der Waals surface area contributed by atoms with Gasteiger partial charge in [-0.25, -0.2) is 9.78 Å². The Morgan fingerprint density at radius 2 is 2.13 bits per heavy atom. The van der Waals surface area contributed by atoms with Crippen molar-refractivity contribution >= 4 is 17.3 Å². The Balaban J connectivity index is 2.85. The average Bonchev–Trinajstić information content (AvgIpc) is 2.56. The Kier molecular flexibility index (Phi) is 2.00. The van der Waals surface area contributed by atoms with Crippen LogP contribution < -0.4 is 0 Å². The van der Waals surface area contributed by atoms with Crippen molar-refractivity contribution in [1.29, 1.82) is 0 Å². The van der Waals surface area contributed by atoms with Gasteiger partial charge in [-0.1, -0.05) is 6.07 Å². The second-order valence-corrected chi connectivity index (χ2v) is 3.10. The van der Waals surface area contributed by atoms with E-state index >= 15 is 0 Å². The van der Waals surface area contributed by atoms with Gasteiger partial charge in [-0.2, -0.15) is 0 Å². The number of carboxylic acid groups (broad SMARTS) is 1. The Morgan fingerprint density at radius 1 is 1.40 bits per heavy atom. The molecular formula is C10H8N2O3. The highest BCUT2D eigenvalue weighted by atomic mass is 16.4. The van der Waals surface area contributed by atoms with E-state index in [4.69, 9.17) is 5.11 Å². The number of imidazole rings is 1. The molecule has 5 nitrogen and oxygen atoms in total. The summed E-state index contributed by atoms with van der Waals surface area (Å²) in [5.41, 5.74) is 0.330. The van der Waals surface area contributed by atoms with Gasteiger partial charge in [0.2, 0.25) is 0 Å². The van der Waals surface area contributed by atoms with Gasteiger partial charge in [0, 0.05) is 13.1 Å². The highest BCUT2D eigenvalue weighted by Gasteiger charge is 2.17. The van der Waals surface area contributed by atoms with Gasteiger partial charge in [0.1, 0.15) is 0 Å². The third-order valence-electron chi connectivity index (χ3n) is 2.07. The van der Waals surface area contributed by atoms with Crippen molar-refractivity contribution in [2.24, 2.45) is 0 Å². The number of aromatic carboxylic acids is 1. The number of hydrogen-bond acceptors (Lipinski definition) is 3. The SMILES string of the molecule is CC(=O)c1nc(C(=O)O)c2ccccn12. The Labute approximate surface area is 85.0 Å². The van der Waals surface area contributed by atoms with E-state index in [9.17, 15) is 9.59 Å². The van der Waals surface area contributed by atoms with Crippen molar-refractivity contribution in [1.82, 2.24) is 9.38 Å². The molecule has 0 saturated carbocycles. The van der Waals surface area contributed by atoms with Crippen molar-refractivity contribution < 1.29 is 14.7 Å². The van der Waals surface area contributed by atoms with Gasteiger partial charge < -0.3 is 5.11 Å². The lowest BCUT2D eigenvalue weighted by Gasteiger charge is -1.94. The molecule has 0 aliphatic rings. The molecule has 0 unspecified atom stereocenters. The number of rotatable bonds is 2. The molecule has 76 valence electrons. The molecule has 2 aromatic heterocycles. The number of carbonyl (C=O) groups excluding carboxylic acids is 1. The number of aromatic nitrogens is 2. The standard InChI is InChI=1S/C10H8N2O3/c1-6(13)9-11-8(10(14)15)7-4-2-3-5-12(7)9/h2-5H,1H3,(H,14,15). The molecule has 2 heterocycles. The van der Waals surface area contributed by atoms with Crippen molar-refractivity contribution in [2.45, 2.75) is 6.92 Å². The van der Waals surface area contributed by atoms with Crippen LogP contribution >= 0.6 is 0 Å². The van der Waals surface area contributed by atoms with E-state index in [-0.39, 0.29) is 17.3 Å². The van der Waals surface area contributed by atoms with Crippen molar-refractivity contribution in [3.63, 3.8) is 0 Å². The van der Waals surface area contributed by atoms with Crippen LogP contribution in [0, 0.1) is 0 Å². The Hall–Kier alpha value is -2.17. The molecular weight excluding hydrogens is 196 g/mol. The zero-order chi connectivity index (χ0) is 11.0. The van der Waals surface area contributed by atoms with Crippen LogP contribution in [0.15, 0.2) is 24.4 Å². The fraction of sp³-hybridized carbons (Fsp3) is 0.100. The number of Topliss-reactive ketones (excluding diaryl/α,β-unsaturated/α-hetero) is 1. The summed E-state index contributed by atoms with van der Waals surface area (Å²) < 4.78 is 1.48. The van der Waals surface area contributed by atoms with Crippen LogP contribution in [0.3, 0.4) is 0 Å². The van der Waals surface area contributed by atoms with Gasteiger partial charge >= 0.3 is 5.97 Å². The molecule has 0 amide bonds. The minimum absolute atomic E-state index is 0.0965. The van der Waals surface area contributed by atoms with Gasteiger partial charge in [-0.3, -0.25) is 9.20 Å². The minimum atomic E-state index is -1.13. The fourth-order valence-corrected chi connectivity index (χ4v) is 1.44. The fourth-order valence-electron chi connectivity index (χ4n) is 1.44. The maximum absolute atomic E-state index is 11.2. The smallest absolute Gasteiger partial charge is 0.356 e. The zero-order valence-corrected chi connectivity index (χ0v) is 7.97. The number of fused-ring (bicyclic) bond motifs is 1. The Morgan fingerprint density at radius 3 is 2.73 bits per heavy atom. The number of carboxylic acids is 1. The first kappa shape index (κ1) is 9.39. The lowest BCUT2D eigenvalue weighted by molar-refractivity contribution is 0.0693. The molecule has 0 aromatic carbocycles. The van der Waals surface area contributed by atoms with Crippen LogP contribution in [-0.2, 0) is 0 Å². The van der Waals surface area contributed by atoms with Crippen LogP contribution in [0.4, 0.5) is 0 Å². The monoisotopic (exact) mass is 204 g/mol. The third-order valence-corrected chi connectivity index (χ3v) is 2.07. The second-order valence-electron chi connectivity index (χ2n) is 3.10. The van der Waals surface area contributed by atoms with Gasteiger partial charge in [-0.15, -0.1) is 0 Å². The summed E-state index contributed by atoms with van der Waals surface area (Å²) in [5.74, 6) is -1.25. The van der Waals surface area contributed by atoms with E-state index in [0.29, 0.717) is 5.52 Å². The van der Waals surface area contributed by atoms with Crippen molar-refractivity contribution in [2.75, 3.05) is 0 Å². The topological polar surface area (TPSA) is 71.7 Å². The van der Waals surface area contributed by atoms with E-state index in [1.807, 2.05) is 0 Å². The summed E-state index contributed by atoms with van der Waals surface area (Å²) in [4.78, 5) is 25.9. The number of hydrogen-bond donors (Lipinski definition) is 1. The van der Waals surface area contributed by atoms with Gasteiger partial charge in [0.15, 0.2) is 17.3 Å². The molecule has 0 radical (unpaired) electrons. The minimum Gasteiger partial charge on any atom is -0.476 e. The second kappa shape index (κ2) is 3.20. The first-order chi connectivity index (χ1) is 7.11. The first-order valence-corrected chi connectivity index (χ1v) is 4.32. The van der Waals surface area contributed by atoms with Gasteiger partial charge in [0.05, 0.1) is 5.52 Å². The molecule has 0 aliphatic heterocycles. The van der Waals surface area contributed by atoms with Crippen molar-refractivity contribution in [3.05, 3.63) is 35.9 Å². The van der Waals surface area contributed by atoms with Crippen LogP contribution in [0.2, 0.25) is 0 Å². The van der Waals surface area contributed by atoms with Gasteiger partial charge in [0.25, 0.3) is 0 Å². The summed E-state index contributed by atoms with van der Waals surface area (Å²) >= 11 is 0. The van der Waals surface area contributed by atoms with Crippen molar-refractivity contribution in [3.8, 4) is 0 Å². The number of nitrogens with zero attached hydrogens (tertiary/aromatic N) is 2. The highest BCUT2D eigenvalue weighted by Crippen LogP contribution is 2.13. The first-order valence-electron chi connectivity index (χ1n) is 4.32. The van der Waals surface area contributed by atoms with E-state index in [2.05, 4.69) is 4.98 Å². The van der Waals surface area contributed by atoms with Crippen LogP contribution in [0.25, 0.3) is 5.52 Å². The molecule has 0 atom stereocenters. The van der Waals surface area contributed by atoms with Crippen LogP contribution in [-0.4, -0.2) is 26.2 Å². The summed E-state index contributed by atoms with van der Waals surface area (Å²) in [6, 6.07) is 5.03. The summed E-state index contributed by atoms with van der Waals surface area (Å²) in [6.45, 7) is 1.35. The Bertz CT molecular complexity index is 509. The lowest BCUT2D eigenvalue weighted by Crippen LogP contribution is -2.00. The molecule has 0 saturated heterocycles. The maximum atomic E-state index is 11.2. The third kappa shape index (κ3) is 1.38. The number of carbonyl (C=O) groups is 2. The number of ketones is 1. The molecule has 0 spiro atoms. The van der Waals surface area contributed by atoms with Crippen LogP contribution in [0.5, 0.6) is 0 Å². The van der Waals surface area contributed by atoms with E-state index in [1.165, 1.54) is 11.3 Å². The molecule has 15 heavy (non-hydrogen) atoms. The van der Waals surface area contributed by atoms with E-state index in [1.54, 1.807) is 24.4 Å². The lowest BCUT2D eigenvalue weighted by atomic mass is 10.3. The number of pyridine rings is 1. The molecule has 0 fully saturated rings. The molecule has 1 N–H and O–H groups in total. The van der Waals surface area contributed by atoms with E-state index < -0.39 is 5.97 Å². The predicted molar refractivity (Wildman–Crippen MR) is 52.2 cm³/mol. The summed E-state index contributed by atoms with van der Waals surface area (Å²) in [5, 5.41) is 8.89. The summed E-state index contributed by atoms with van der Waals surface area (Å²) in [7, 11) is 0. The molecule has 0 bridgehead atoms. The van der Waals surface area contributed by atoms with E-state index in [0.717, 1.165) is 0 Å². The molecule has 5 heteroatoms. The zero-order valence-electron chi connectivity index (χ0n) is 7.97. The largest absolute Gasteiger partial charge is 0.476 e. The van der Waals surface area contributed by atoms with Crippen LogP contribution in [0.1, 0.15) is 28.0 Å². The molecule has 0 aliphatic carbocycles.